The fourth-order valence-electron chi connectivity index (χ4n) is 3.43. The van der Waals surface area contributed by atoms with Crippen molar-refractivity contribution in [2.24, 2.45) is 5.10 Å². The van der Waals surface area contributed by atoms with Gasteiger partial charge in [-0.1, -0.05) is 17.7 Å². The number of rotatable bonds is 2. The first-order valence-corrected chi connectivity index (χ1v) is 9.74. The first-order valence-electron chi connectivity index (χ1n) is 9.33. The van der Waals surface area contributed by atoms with Crippen LogP contribution >= 0.6 is 12.2 Å². The van der Waals surface area contributed by atoms with Gasteiger partial charge in [0.2, 0.25) is 0 Å². The molecule has 0 radical (unpaired) electrons. The second kappa shape index (κ2) is 7.92. The Morgan fingerprint density at radius 3 is 2.70 bits per heavy atom. The maximum Gasteiger partial charge on any atom is 0.189 e. The number of piperazine rings is 1. The Morgan fingerprint density at radius 2 is 1.93 bits per heavy atom. The zero-order valence-corrected chi connectivity index (χ0v) is 16.3. The molecular weight excluding hydrogens is 356 g/mol. The number of hydrogen-bond acceptors (Lipinski definition) is 5. The first kappa shape index (κ1) is 17.7. The third kappa shape index (κ3) is 4.03. The summed E-state index contributed by atoms with van der Waals surface area (Å²) in [7, 11) is 0. The van der Waals surface area contributed by atoms with Crippen LogP contribution in [0.4, 0.5) is 11.4 Å². The molecule has 4 rings (SSSR count). The van der Waals surface area contributed by atoms with Crippen LogP contribution in [-0.2, 0) is 0 Å². The molecule has 0 amide bonds. The highest BCUT2D eigenvalue weighted by Crippen LogP contribution is 2.19. The average molecular weight is 381 g/mol. The van der Waals surface area contributed by atoms with Crippen LogP contribution in [0.3, 0.4) is 0 Å². The fraction of sp³-hybridized carbons (Fsp3) is 0.350. The molecule has 27 heavy (non-hydrogen) atoms. The van der Waals surface area contributed by atoms with Gasteiger partial charge in [0.05, 0.1) is 11.4 Å². The quantitative estimate of drug-likeness (QED) is 0.617. The van der Waals surface area contributed by atoms with E-state index in [0.717, 1.165) is 56.2 Å². The third-order valence-corrected chi connectivity index (χ3v) is 5.36. The second-order valence-corrected chi connectivity index (χ2v) is 7.25. The topological polar surface area (TPSA) is 55.8 Å². The van der Waals surface area contributed by atoms with Crippen LogP contribution in [0.25, 0.3) is 0 Å². The number of pyridine rings is 1. The van der Waals surface area contributed by atoms with Gasteiger partial charge in [0.25, 0.3) is 0 Å². The molecule has 6 nitrogen and oxygen atoms in total. The Labute approximate surface area is 165 Å². The van der Waals surface area contributed by atoms with E-state index in [-0.39, 0.29) is 0 Å². The molecule has 1 fully saturated rings. The number of thiocarbonyl (C=S) groups is 1. The van der Waals surface area contributed by atoms with Gasteiger partial charge in [-0.3, -0.25) is 10.4 Å². The van der Waals surface area contributed by atoms with Crippen LogP contribution in [0.5, 0.6) is 0 Å². The number of aryl methyl sites for hydroxylation is 1. The number of nitrogens with one attached hydrogen (secondary N) is 2. The van der Waals surface area contributed by atoms with Crippen LogP contribution in [0.2, 0.25) is 0 Å². The van der Waals surface area contributed by atoms with Crippen molar-refractivity contribution < 1.29 is 0 Å². The van der Waals surface area contributed by atoms with Crippen LogP contribution in [0.15, 0.2) is 47.7 Å². The predicted molar refractivity (Wildman–Crippen MR) is 115 cm³/mol. The highest BCUT2D eigenvalue weighted by Gasteiger charge is 2.20. The van der Waals surface area contributed by atoms with Crippen LogP contribution in [0.1, 0.15) is 17.7 Å². The minimum absolute atomic E-state index is 0.682. The predicted octanol–water partition coefficient (Wildman–Crippen LogP) is 2.61. The molecule has 7 heteroatoms. The van der Waals surface area contributed by atoms with Crippen molar-refractivity contribution in [2.45, 2.75) is 13.3 Å². The highest BCUT2D eigenvalue weighted by atomic mass is 32.1. The van der Waals surface area contributed by atoms with Crippen molar-refractivity contribution in [3.8, 4) is 0 Å². The van der Waals surface area contributed by atoms with E-state index in [1.807, 2.05) is 12.1 Å². The summed E-state index contributed by atoms with van der Waals surface area (Å²) in [5, 5.41) is 8.58. The molecule has 140 valence electrons. The lowest BCUT2D eigenvalue weighted by Crippen LogP contribution is -2.51. The molecule has 0 aliphatic carbocycles. The van der Waals surface area contributed by atoms with Gasteiger partial charge in [-0.05, 0) is 43.4 Å². The maximum absolute atomic E-state index is 5.57. The van der Waals surface area contributed by atoms with E-state index in [4.69, 9.17) is 12.2 Å². The minimum Gasteiger partial charge on any atom is -0.383 e. The Balaban J connectivity index is 1.34. The van der Waals surface area contributed by atoms with Gasteiger partial charge < -0.3 is 15.1 Å². The average Bonchev–Trinajstić information content (AvgIpc) is 2.72. The number of hydrogen-bond donors (Lipinski definition) is 2. The summed E-state index contributed by atoms with van der Waals surface area (Å²) in [5.74, 6) is 0. The van der Waals surface area contributed by atoms with E-state index in [2.05, 4.69) is 61.8 Å². The number of aromatic nitrogens is 1. The Hall–Kier alpha value is -2.67. The zero-order valence-electron chi connectivity index (χ0n) is 15.5. The molecule has 2 aromatic rings. The normalized spacial score (nSPS) is 18.0. The number of fused-ring (bicyclic) bond motifs is 1. The summed E-state index contributed by atoms with van der Waals surface area (Å²) < 4.78 is 0. The number of anilines is 2. The summed E-state index contributed by atoms with van der Waals surface area (Å²) in [5.41, 5.74) is 8.53. The van der Waals surface area contributed by atoms with E-state index in [1.54, 1.807) is 6.20 Å². The number of hydrazone groups is 1. The van der Waals surface area contributed by atoms with Gasteiger partial charge in [-0.2, -0.15) is 5.10 Å². The summed E-state index contributed by atoms with van der Waals surface area (Å²) in [6.07, 6.45) is 2.63. The smallest absolute Gasteiger partial charge is 0.189 e. The first-order chi connectivity index (χ1) is 13.2. The van der Waals surface area contributed by atoms with Gasteiger partial charge in [-0.15, -0.1) is 0 Å². The minimum atomic E-state index is 0.682. The van der Waals surface area contributed by atoms with Gasteiger partial charge in [-0.25, -0.2) is 0 Å². The lowest BCUT2D eigenvalue weighted by molar-refractivity contribution is 0.381. The van der Waals surface area contributed by atoms with Gasteiger partial charge in [0, 0.05) is 51.0 Å². The van der Waals surface area contributed by atoms with Gasteiger partial charge in [0.15, 0.2) is 5.11 Å². The molecule has 2 aliphatic rings. The fourth-order valence-corrected chi connectivity index (χ4v) is 3.66. The molecule has 2 aliphatic heterocycles. The number of benzene rings is 1. The summed E-state index contributed by atoms with van der Waals surface area (Å²) in [6, 6.07) is 12.7. The SMILES string of the molecule is Cc1ccc(N2CCN(C(=S)N/N=C3/CCNc4cccnc43)CC2)cc1. The molecule has 1 saturated heterocycles. The van der Waals surface area contributed by atoms with Crippen LogP contribution in [-0.4, -0.2) is 53.4 Å². The zero-order chi connectivity index (χ0) is 18.6. The lowest BCUT2D eigenvalue weighted by atomic mass is 10.1. The van der Waals surface area contributed by atoms with E-state index in [1.165, 1.54) is 11.3 Å². The van der Waals surface area contributed by atoms with E-state index in [9.17, 15) is 0 Å². The van der Waals surface area contributed by atoms with Gasteiger partial charge >= 0.3 is 0 Å². The van der Waals surface area contributed by atoms with Crippen molar-refractivity contribution in [1.29, 1.82) is 0 Å². The molecule has 0 spiro atoms. The molecule has 0 bridgehead atoms. The molecule has 1 aromatic heterocycles. The molecule has 2 N–H and O–H groups in total. The summed E-state index contributed by atoms with van der Waals surface area (Å²) in [4.78, 5) is 9.03. The summed E-state index contributed by atoms with van der Waals surface area (Å²) in [6.45, 7) is 6.66. The van der Waals surface area contributed by atoms with E-state index >= 15 is 0 Å². The number of nitrogens with zero attached hydrogens (tertiary/aromatic N) is 4. The van der Waals surface area contributed by atoms with E-state index in [0.29, 0.717) is 5.11 Å². The maximum atomic E-state index is 5.57. The van der Waals surface area contributed by atoms with Crippen molar-refractivity contribution in [3.63, 3.8) is 0 Å². The second-order valence-electron chi connectivity index (χ2n) is 6.86. The molecule has 0 unspecified atom stereocenters. The Kier molecular flexibility index (Phi) is 5.20. The largest absolute Gasteiger partial charge is 0.383 e. The van der Waals surface area contributed by atoms with Crippen molar-refractivity contribution >= 4 is 34.4 Å². The molecule has 0 saturated carbocycles. The lowest BCUT2D eigenvalue weighted by Gasteiger charge is -2.37. The van der Waals surface area contributed by atoms with Gasteiger partial charge in [0.1, 0.15) is 5.69 Å². The third-order valence-electron chi connectivity index (χ3n) is 5.01. The monoisotopic (exact) mass is 380 g/mol. The van der Waals surface area contributed by atoms with Crippen LogP contribution < -0.4 is 15.6 Å². The van der Waals surface area contributed by atoms with Crippen LogP contribution in [0, 0.1) is 6.92 Å². The highest BCUT2D eigenvalue weighted by molar-refractivity contribution is 7.80. The Bertz CT molecular complexity index is 840. The standard InChI is InChI=1S/C20H24N6S/c1-15-4-6-16(7-5-15)25-11-13-26(14-12-25)20(27)24-23-18-8-10-21-17-3-2-9-22-19(17)18/h2-7,9,21H,8,10-14H2,1H3,(H,24,27)/b23-18-. The Morgan fingerprint density at radius 1 is 1.15 bits per heavy atom. The van der Waals surface area contributed by atoms with Crippen molar-refractivity contribution in [1.82, 2.24) is 15.3 Å². The molecule has 0 atom stereocenters. The summed E-state index contributed by atoms with van der Waals surface area (Å²) >= 11 is 5.57. The molecule has 3 heterocycles. The van der Waals surface area contributed by atoms with Crippen molar-refractivity contribution in [3.05, 3.63) is 53.9 Å². The van der Waals surface area contributed by atoms with Crippen molar-refractivity contribution in [2.75, 3.05) is 42.9 Å². The molecular formula is C20H24N6S. The van der Waals surface area contributed by atoms with E-state index < -0.39 is 0 Å². The molecule has 1 aromatic carbocycles.